The van der Waals surface area contributed by atoms with Gasteiger partial charge in [0, 0.05) is 25.4 Å². The summed E-state index contributed by atoms with van der Waals surface area (Å²) in [7, 11) is 0. The van der Waals surface area contributed by atoms with E-state index in [-0.39, 0.29) is 28.3 Å². The highest BCUT2D eigenvalue weighted by atomic mass is 16.2. The van der Waals surface area contributed by atoms with Crippen molar-refractivity contribution in [2.75, 3.05) is 13.1 Å². The van der Waals surface area contributed by atoms with Crippen LogP contribution in [0.4, 0.5) is 0 Å². The maximum absolute atomic E-state index is 12.9. The van der Waals surface area contributed by atoms with E-state index in [1.807, 2.05) is 4.90 Å². The second kappa shape index (κ2) is 10.1. The molecule has 0 spiro atoms. The number of fused-ring (bicyclic) bond motifs is 1. The predicted molar refractivity (Wildman–Crippen MR) is 140 cm³/mol. The highest BCUT2D eigenvalue weighted by molar-refractivity contribution is 5.76. The average molecular weight is 491 g/mol. The largest absolute Gasteiger partial charge is 0.342 e. The van der Waals surface area contributed by atoms with Gasteiger partial charge in [-0.05, 0) is 41.7 Å². The Morgan fingerprint density at radius 3 is 2.56 bits per heavy atom. The van der Waals surface area contributed by atoms with Gasteiger partial charge in [0.25, 0.3) is 5.56 Å². The van der Waals surface area contributed by atoms with Gasteiger partial charge in [-0.15, -0.1) is 5.10 Å². The summed E-state index contributed by atoms with van der Waals surface area (Å²) < 4.78 is 1.70. The van der Waals surface area contributed by atoms with Gasteiger partial charge in [0.2, 0.25) is 5.91 Å². The van der Waals surface area contributed by atoms with E-state index >= 15 is 0 Å². The molecule has 5 rings (SSSR count). The van der Waals surface area contributed by atoms with Crippen molar-refractivity contribution in [1.29, 1.82) is 0 Å². The standard InChI is InChI=1S/C28H38N6O2/c1-28(2,3)22-13-10-20(11-14-22)17-34-26-24(31-32-34)27(36)30-25(29-26)21-9-6-16-33(18-21)23(35)15-12-19-7-4-5-8-19/h10-11,13-14,19,21H,4-9,12,15-18H2,1-3H3,(H,29,30,36). The van der Waals surface area contributed by atoms with Crippen LogP contribution in [-0.2, 0) is 16.8 Å². The molecule has 0 radical (unpaired) electrons. The van der Waals surface area contributed by atoms with E-state index in [4.69, 9.17) is 4.98 Å². The molecule has 1 unspecified atom stereocenters. The Morgan fingerprint density at radius 1 is 1.08 bits per heavy atom. The second-order valence-electron chi connectivity index (χ2n) is 11.7. The highest BCUT2D eigenvalue weighted by Gasteiger charge is 2.28. The zero-order valence-corrected chi connectivity index (χ0v) is 21.8. The van der Waals surface area contributed by atoms with Crippen LogP contribution in [0.2, 0.25) is 0 Å². The first-order valence-electron chi connectivity index (χ1n) is 13.5. The minimum absolute atomic E-state index is 0.0145. The molecule has 1 amide bonds. The van der Waals surface area contributed by atoms with Crippen molar-refractivity contribution in [3.05, 3.63) is 51.6 Å². The fraction of sp³-hybridized carbons (Fsp3) is 0.607. The number of piperidine rings is 1. The number of carbonyl (C=O) groups is 1. The van der Waals surface area contributed by atoms with Crippen molar-refractivity contribution in [2.24, 2.45) is 5.92 Å². The Bertz CT molecular complexity index is 1260. The molecule has 0 bridgehead atoms. The Labute approximate surface area is 212 Å². The molecule has 8 nitrogen and oxygen atoms in total. The van der Waals surface area contributed by atoms with Gasteiger partial charge >= 0.3 is 0 Å². The molecule has 2 aliphatic rings. The van der Waals surface area contributed by atoms with Crippen LogP contribution in [0, 0.1) is 5.92 Å². The molecule has 3 aromatic rings. The van der Waals surface area contributed by atoms with Gasteiger partial charge in [-0.3, -0.25) is 9.59 Å². The van der Waals surface area contributed by atoms with E-state index in [1.54, 1.807) is 4.68 Å². The van der Waals surface area contributed by atoms with Crippen molar-refractivity contribution in [1.82, 2.24) is 29.9 Å². The summed E-state index contributed by atoms with van der Waals surface area (Å²) in [5.41, 5.74) is 2.92. The van der Waals surface area contributed by atoms with Gasteiger partial charge in [0.1, 0.15) is 5.82 Å². The third-order valence-corrected chi connectivity index (χ3v) is 7.95. The summed E-state index contributed by atoms with van der Waals surface area (Å²) in [4.78, 5) is 35.5. The molecular formula is C28H38N6O2. The van der Waals surface area contributed by atoms with E-state index in [9.17, 15) is 9.59 Å². The van der Waals surface area contributed by atoms with Crippen molar-refractivity contribution < 1.29 is 4.79 Å². The van der Waals surface area contributed by atoms with Gasteiger partial charge in [0.15, 0.2) is 11.2 Å². The number of H-pyrrole nitrogens is 1. The summed E-state index contributed by atoms with van der Waals surface area (Å²) >= 11 is 0. The predicted octanol–water partition coefficient (Wildman–Crippen LogP) is 4.54. The molecule has 1 saturated carbocycles. The number of hydrogen-bond acceptors (Lipinski definition) is 5. The first-order valence-corrected chi connectivity index (χ1v) is 13.5. The first-order chi connectivity index (χ1) is 17.3. The van der Waals surface area contributed by atoms with Crippen molar-refractivity contribution in [3.8, 4) is 0 Å². The molecule has 36 heavy (non-hydrogen) atoms. The number of aromatic nitrogens is 5. The average Bonchev–Trinajstić information content (AvgIpc) is 3.53. The van der Waals surface area contributed by atoms with Crippen LogP contribution in [0.3, 0.4) is 0 Å². The second-order valence-corrected chi connectivity index (χ2v) is 11.7. The lowest BCUT2D eigenvalue weighted by atomic mass is 9.87. The van der Waals surface area contributed by atoms with E-state index in [1.165, 1.54) is 31.2 Å². The first kappa shape index (κ1) is 24.7. The molecule has 8 heteroatoms. The fourth-order valence-electron chi connectivity index (χ4n) is 5.68. The van der Waals surface area contributed by atoms with E-state index in [0.717, 1.165) is 31.4 Å². The molecule has 1 N–H and O–H groups in total. The minimum Gasteiger partial charge on any atom is -0.342 e. The number of benzene rings is 1. The smallest absolute Gasteiger partial charge is 0.281 e. The van der Waals surface area contributed by atoms with Crippen molar-refractivity contribution in [2.45, 2.75) is 90.0 Å². The third kappa shape index (κ3) is 5.37. The third-order valence-electron chi connectivity index (χ3n) is 7.95. The molecule has 1 saturated heterocycles. The van der Waals surface area contributed by atoms with Crippen LogP contribution in [0.15, 0.2) is 29.1 Å². The SMILES string of the molecule is CC(C)(C)c1ccc(Cn2nnc3c(=O)[nH]c(C4CCCN(C(=O)CCC5CCCC5)C4)nc32)cc1. The van der Waals surface area contributed by atoms with Gasteiger partial charge in [-0.25, -0.2) is 9.67 Å². The zero-order chi connectivity index (χ0) is 25.3. The van der Waals surface area contributed by atoms with Crippen LogP contribution < -0.4 is 5.56 Å². The number of rotatable bonds is 6. The van der Waals surface area contributed by atoms with Crippen LogP contribution in [0.5, 0.6) is 0 Å². The summed E-state index contributed by atoms with van der Waals surface area (Å²) in [6.45, 7) is 8.47. The maximum Gasteiger partial charge on any atom is 0.281 e. The quantitative estimate of drug-likeness (QED) is 0.547. The number of likely N-dealkylation sites (tertiary alicyclic amines) is 1. The summed E-state index contributed by atoms with van der Waals surface area (Å²) in [5, 5.41) is 8.34. The maximum atomic E-state index is 12.9. The van der Waals surface area contributed by atoms with Crippen molar-refractivity contribution >= 4 is 17.1 Å². The number of nitrogens with one attached hydrogen (secondary N) is 1. The molecule has 192 valence electrons. The molecule has 3 heterocycles. The number of aromatic amines is 1. The molecule has 1 aliphatic heterocycles. The summed E-state index contributed by atoms with van der Waals surface area (Å²) in [6, 6.07) is 8.47. The number of hydrogen-bond donors (Lipinski definition) is 1. The lowest BCUT2D eigenvalue weighted by Gasteiger charge is -2.32. The van der Waals surface area contributed by atoms with Gasteiger partial charge in [-0.1, -0.05) is 75.9 Å². The number of amides is 1. The van der Waals surface area contributed by atoms with E-state index in [2.05, 4.69) is 60.3 Å². The van der Waals surface area contributed by atoms with E-state index < -0.39 is 0 Å². The minimum atomic E-state index is -0.269. The van der Waals surface area contributed by atoms with Gasteiger partial charge in [-0.2, -0.15) is 0 Å². The molecule has 1 aromatic carbocycles. The highest BCUT2D eigenvalue weighted by Crippen LogP contribution is 2.30. The molecule has 1 aliphatic carbocycles. The topological polar surface area (TPSA) is 96.8 Å². The van der Waals surface area contributed by atoms with Crippen molar-refractivity contribution in [3.63, 3.8) is 0 Å². The Kier molecular flexibility index (Phi) is 6.95. The normalized spacial score (nSPS) is 19.3. The molecule has 1 atom stereocenters. The fourth-order valence-corrected chi connectivity index (χ4v) is 5.68. The Balaban J connectivity index is 1.31. The molecule has 2 fully saturated rings. The van der Waals surface area contributed by atoms with Gasteiger partial charge in [0.05, 0.1) is 6.54 Å². The lowest BCUT2D eigenvalue weighted by Crippen LogP contribution is -2.40. The number of nitrogens with zero attached hydrogens (tertiary/aromatic N) is 5. The van der Waals surface area contributed by atoms with Crippen LogP contribution in [0.1, 0.15) is 95.0 Å². The molecular weight excluding hydrogens is 452 g/mol. The van der Waals surface area contributed by atoms with Crippen LogP contribution in [-0.4, -0.2) is 48.9 Å². The van der Waals surface area contributed by atoms with Gasteiger partial charge < -0.3 is 9.88 Å². The van der Waals surface area contributed by atoms with E-state index in [0.29, 0.717) is 36.9 Å². The zero-order valence-electron chi connectivity index (χ0n) is 21.8. The lowest BCUT2D eigenvalue weighted by molar-refractivity contribution is -0.132. The monoisotopic (exact) mass is 490 g/mol. The Hall–Kier alpha value is -3.03. The number of carbonyl (C=O) groups excluding carboxylic acids is 1. The van der Waals surface area contributed by atoms with Crippen LogP contribution in [0.25, 0.3) is 11.2 Å². The summed E-state index contributed by atoms with van der Waals surface area (Å²) in [6.07, 6.45) is 8.59. The van der Waals surface area contributed by atoms with Crippen LogP contribution >= 0.6 is 0 Å². The molecule has 2 aromatic heterocycles. The Morgan fingerprint density at radius 2 is 1.83 bits per heavy atom. The summed E-state index contributed by atoms with van der Waals surface area (Å²) in [5.74, 6) is 1.60.